The van der Waals surface area contributed by atoms with Crippen molar-refractivity contribution >= 4 is 22.0 Å². The Labute approximate surface area is 127 Å². The molecule has 2 aliphatic carbocycles. The third-order valence-corrected chi connectivity index (χ3v) is 5.12. The average molecular weight is 346 g/mol. The van der Waals surface area contributed by atoms with E-state index in [2.05, 4.69) is 26.0 Å². The Morgan fingerprint density at radius 1 is 1.40 bits per heavy atom. The first-order valence-electron chi connectivity index (χ1n) is 7.19. The highest BCUT2D eigenvalue weighted by Gasteiger charge is 2.49. The van der Waals surface area contributed by atoms with Gasteiger partial charge in [-0.1, -0.05) is 22.4 Å². The summed E-state index contributed by atoms with van der Waals surface area (Å²) in [5, 5.41) is 2.81. The average Bonchev–Trinajstić information content (AvgIpc) is 2.76. The van der Waals surface area contributed by atoms with Crippen molar-refractivity contribution in [2.24, 2.45) is 0 Å². The molecule has 2 fully saturated rings. The van der Waals surface area contributed by atoms with Crippen LogP contribution in [-0.4, -0.2) is 37.2 Å². The highest BCUT2D eigenvalue weighted by molar-refractivity contribution is 9.11. The van der Waals surface area contributed by atoms with E-state index >= 15 is 0 Å². The summed E-state index contributed by atoms with van der Waals surface area (Å²) >= 11 is 3.52. The number of rotatable bonds is 1. The lowest BCUT2D eigenvalue weighted by Gasteiger charge is -2.31. The lowest BCUT2D eigenvalue weighted by Crippen LogP contribution is -2.42. The number of alkyl carbamates (subject to hydrolysis) is 1. The molecular formula is C14H20BrNO4. The largest absolute Gasteiger partial charge is 0.453 e. The fourth-order valence-electron chi connectivity index (χ4n) is 3.29. The van der Waals surface area contributed by atoms with Crippen molar-refractivity contribution in [3.05, 3.63) is 10.6 Å². The van der Waals surface area contributed by atoms with Crippen LogP contribution in [0.25, 0.3) is 0 Å². The Kier molecular flexibility index (Phi) is 4.06. The predicted molar refractivity (Wildman–Crippen MR) is 76.5 cm³/mol. The van der Waals surface area contributed by atoms with Gasteiger partial charge in [0.15, 0.2) is 5.79 Å². The van der Waals surface area contributed by atoms with Gasteiger partial charge in [0.1, 0.15) is 6.10 Å². The molecule has 1 spiro atoms. The lowest BCUT2D eigenvalue weighted by molar-refractivity contribution is -0.191. The molecule has 3 atom stereocenters. The van der Waals surface area contributed by atoms with Gasteiger partial charge in [-0.25, -0.2) is 4.79 Å². The fraction of sp³-hybridized carbons (Fsp3) is 0.786. The molecule has 0 unspecified atom stereocenters. The van der Waals surface area contributed by atoms with Crippen LogP contribution in [0.3, 0.4) is 0 Å². The van der Waals surface area contributed by atoms with Crippen molar-refractivity contribution in [3.63, 3.8) is 0 Å². The number of fused-ring (bicyclic) bond motifs is 1. The fourth-order valence-corrected chi connectivity index (χ4v) is 3.85. The molecule has 1 saturated carbocycles. The maximum absolute atomic E-state index is 11.4. The molecule has 1 aliphatic heterocycles. The normalized spacial score (nSPS) is 35.3. The van der Waals surface area contributed by atoms with Crippen LogP contribution in [0.4, 0.5) is 4.79 Å². The summed E-state index contributed by atoms with van der Waals surface area (Å²) in [7, 11) is 1.37. The monoisotopic (exact) mass is 345 g/mol. The molecule has 6 heteroatoms. The Morgan fingerprint density at radius 2 is 2.15 bits per heavy atom. The van der Waals surface area contributed by atoms with Crippen LogP contribution >= 0.6 is 15.9 Å². The molecular weight excluding hydrogens is 326 g/mol. The number of carbonyl (C=O) groups excluding carboxylic acids is 1. The number of methoxy groups -OCH3 is 1. The summed E-state index contributed by atoms with van der Waals surface area (Å²) in [6, 6.07) is -0.106. The Hall–Kier alpha value is -0.590. The first-order valence-corrected chi connectivity index (χ1v) is 7.98. The predicted octanol–water partition coefficient (Wildman–Crippen LogP) is 2.84. The zero-order valence-electron chi connectivity index (χ0n) is 11.6. The van der Waals surface area contributed by atoms with E-state index < -0.39 is 11.9 Å². The maximum Gasteiger partial charge on any atom is 0.407 e. The Morgan fingerprint density at radius 3 is 2.85 bits per heavy atom. The molecule has 3 aliphatic rings. The maximum atomic E-state index is 11.4. The van der Waals surface area contributed by atoms with E-state index in [0.29, 0.717) is 6.42 Å². The number of amides is 1. The van der Waals surface area contributed by atoms with Crippen LogP contribution in [0.5, 0.6) is 0 Å². The van der Waals surface area contributed by atoms with E-state index in [-0.39, 0.29) is 18.2 Å². The first kappa shape index (κ1) is 14.4. The molecule has 1 amide bonds. The minimum atomic E-state index is -0.426. The van der Waals surface area contributed by atoms with Gasteiger partial charge in [0.05, 0.1) is 19.3 Å². The molecule has 0 aromatic heterocycles. The summed E-state index contributed by atoms with van der Waals surface area (Å²) in [4.78, 5) is 11.4. The van der Waals surface area contributed by atoms with Gasteiger partial charge in [-0.3, -0.25) is 0 Å². The van der Waals surface area contributed by atoms with Crippen molar-refractivity contribution in [1.82, 2.24) is 5.32 Å². The summed E-state index contributed by atoms with van der Waals surface area (Å²) in [5.41, 5.74) is 0. The lowest BCUT2D eigenvalue weighted by atomic mass is 9.94. The molecule has 0 aromatic carbocycles. The summed E-state index contributed by atoms with van der Waals surface area (Å²) < 4.78 is 18.0. The van der Waals surface area contributed by atoms with Crippen molar-refractivity contribution in [2.75, 3.05) is 7.11 Å². The highest BCUT2D eigenvalue weighted by atomic mass is 79.9. The van der Waals surface area contributed by atoms with Gasteiger partial charge in [0.25, 0.3) is 0 Å². The van der Waals surface area contributed by atoms with Crippen LogP contribution in [0, 0.1) is 0 Å². The van der Waals surface area contributed by atoms with Gasteiger partial charge in [-0.05, 0) is 18.9 Å². The third kappa shape index (κ3) is 2.73. The number of ether oxygens (including phenoxy) is 3. The second-order valence-electron chi connectivity index (χ2n) is 5.69. The van der Waals surface area contributed by atoms with Gasteiger partial charge in [0, 0.05) is 23.7 Å². The minimum absolute atomic E-state index is 0.0107. The highest BCUT2D eigenvalue weighted by Crippen LogP contribution is 2.44. The zero-order chi connectivity index (χ0) is 14.2. The standard InChI is InChI=1S/C14H20BrNO4/c1-18-13(17)16-10-8-12-11(7-9(10)15)19-14(20-12)5-3-2-4-6-14/h7,10-12H,2-6,8H2,1H3,(H,16,17)/t10-,11+,12-/m1/s1. The SMILES string of the molecule is COC(=O)N[C@@H]1C[C@H]2OC3(CCCCC3)O[C@H]2C=C1Br. The molecule has 1 saturated heterocycles. The van der Waals surface area contributed by atoms with Crippen molar-refractivity contribution < 1.29 is 19.0 Å². The number of hydrogen-bond donors (Lipinski definition) is 1. The smallest absolute Gasteiger partial charge is 0.407 e. The number of carbonyl (C=O) groups is 1. The third-order valence-electron chi connectivity index (χ3n) is 4.30. The summed E-state index contributed by atoms with van der Waals surface area (Å²) in [6.45, 7) is 0. The Bertz CT molecular complexity index is 419. The number of hydrogen-bond acceptors (Lipinski definition) is 4. The van der Waals surface area contributed by atoms with E-state index in [1.54, 1.807) is 0 Å². The second-order valence-corrected chi connectivity index (χ2v) is 6.60. The first-order chi connectivity index (χ1) is 9.62. The topological polar surface area (TPSA) is 56.8 Å². The molecule has 0 radical (unpaired) electrons. The molecule has 0 aromatic rings. The van der Waals surface area contributed by atoms with Crippen molar-refractivity contribution in [3.8, 4) is 0 Å². The van der Waals surface area contributed by atoms with Gasteiger partial charge in [-0.15, -0.1) is 0 Å². The second kappa shape index (κ2) is 5.66. The molecule has 1 N–H and O–H groups in total. The van der Waals surface area contributed by atoms with Crippen LogP contribution in [0.2, 0.25) is 0 Å². The van der Waals surface area contributed by atoms with Gasteiger partial charge in [-0.2, -0.15) is 0 Å². The minimum Gasteiger partial charge on any atom is -0.453 e. The van der Waals surface area contributed by atoms with Crippen LogP contribution in [0.15, 0.2) is 10.6 Å². The van der Waals surface area contributed by atoms with Gasteiger partial charge >= 0.3 is 6.09 Å². The van der Waals surface area contributed by atoms with E-state index in [1.807, 2.05) is 6.08 Å². The van der Waals surface area contributed by atoms with Crippen molar-refractivity contribution in [2.45, 2.75) is 62.6 Å². The van der Waals surface area contributed by atoms with E-state index in [9.17, 15) is 4.79 Å². The van der Waals surface area contributed by atoms with E-state index in [4.69, 9.17) is 9.47 Å². The summed E-state index contributed by atoms with van der Waals surface area (Å²) in [6.07, 6.45) is 7.82. The molecule has 1 heterocycles. The van der Waals surface area contributed by atoms with Crippen LogP contribution in [-0.2, 0) is 14.2 Å². The molecule has 112 valence electrons. The number of nitrogens with one attached hydrogen (secondary N) is 1. The summed E-state index contributed by atoms with van der Waals surface area (Å²) in [5.74, 6) is -0.391. The molecule has 3 rings (SSSR count). The van der Waals surface area contributed by atoms with Crippen molar-refractivity contribution in [1.29, 1.82) is 0 Å². The van der Waals surface area contributed by atoms with Crippen LogP contribution < -0.4 is 5.32 Å². The molecule has 0 bridgehead atoms. The Balaban J connectivity index is 1.69. The van der Waals surface area contributed by atoms with Crippen LogP contribution in [0.1, 0.15) is 38.5 Å². The van der Waals surface area contributed by atoms with E-state index in [0.717, 1.165) is 30.2 Å². The van der Waals surface area contributed by atoms with E-state index in [1.165, 1.54) is 13.5 Å². The quantitative estimate of drug-likeness (QED) is 0.793. The zero-order valence-corrected chi connectivity index (χ0v) is 13.1. The molecule has 20 heavy (non-hydrogen) atoms. The van der Waals surface area contributed by atoms with Gasteiger partial charge < -0.3 is 19.5 Å². The number of halogens is 1. The molecule has 5 nitrogen and oxygen atoms in total. The van der Waals surface area contributed by atoms with Gasteiger partial charge in [0.2, 0.25) is 0 Å².